The van der Waals surface area contributed by atoms with Gasteiger partial charge in [-0.15, -0.1) is 10.2 Å². The summed E-state index contributed by atoms with van der Waals surface area (Å²) < 4.78 is 26.1. The molecule has 114 valence electrons. The Morgan fingerprint density at radius 3 is 2.35 bits per heavy atom. The van der Waals surface area contributed by atoms with E-state index in [1.807, 2.05) is 20.8 Å². The van der Waals surface area contributed by atoms with Crippen LogP contribution in [0.15, 0.2) is 0 Å². The SMILES string of the molecule is CCNCCCS(=O)(=O)Nc1nnc(CC)c(CC)n1. The number of sulfonamides is 1. The molecule has 0 aliphatic carbocycles. The standard InChI is InChI=1S/C12H23N5O2S/c1-4-10-11(5-2)15-16-12(14-10)17-20(18,19)9-7-8-13-6-3/h13H,4-9H2,1-3H3,(H,14,16,17). The quantitative estimate of drug-likeness (QED) is 0.653. The van der Waals surface area contributed by atoms with Crippen molar-refractivity contribution in [3.05, 3.63) is 11.4 Å². The van der Waals surface area contributed by atoms with Crippen LogP contribution in [0.3, 0.4) is 0 Å². The van der Waals surface area contributed by atoms with Gasteiger partial charge in [0.05, 0.1) is 17.1 Å². The first kappa shape index (κ1) is 16.8. The Bertz CT molecular complexity index is 519. The molecule has 20 heavy (non-hydrogen) atoms. The van der Waals surface area contributed by atoms with E-state index in [1.165, 1.54) is 0 Å². The third-order valence-corrected chi connectivity index (χ3v) is 4.09. The molecule has 0 fully saturated rings. The molecule has 1 aromatic rings. The largest absolute Gasteiger partial charge is 0.317 e. The molecule has 1 aromatic heterocycles. The van der Waals surface area contributed by atoms with Crippen molar-refractivity contribution in [1.82, 2.24) is 20.5 Å². The Labute approximate surface area is 120 Å². The maximum absolute atomic E-state index is 11.9. The molecular formula is C12H23N5O2S. The Kier molecular flexibility index (Phi) is 6.80. The summed E-state index contributed by atoms with van der Waals surface area (Å²) in [6, 6.07) is 0. The van der Waals surface area contributed by atoms with E-state index in [-0.39, 0.29) is 11.7 Å². The first-order valence-corrected chi connectivity index (χ1v) is 8.61. The molecule has 0 bridgehead atoms. The number of aryl methyl sites for hydroxylation is 2. The Balaban J connectivity index is 2.67. The van der Waals surface area contributed by atoms with E-state index in [0.29, 0.717) is 19.4 Å². The zero-order valence-electron chi connectivity index (χ0n) is 12.3. The highest BCUT2D eigenvalue weighted by Gasteiger charge is 2.13. The second-order valence-corrected chi connectivity index (χ2v) is 6.21. The number of hydrogen-bond donors (Lipinski definition) is 2. The summed E-state index contributed by atoms with van der Waals surface area (Å²) in [5, 5.41) is 10.9. The highest BCUT2D eigenvalue weighted by Crippen LogP contribution is 2.08. The van der Waals surface area contributed by atoms with Crippen molar-refractivity contribution in [2.24, 2.45) is 0 Å². The van der Waals surface area contributed by atoms with Gasteiger partial charge < -0.3 is 5.32 Å². The normalized spacial score (nSPS) is 11.6. The van der Waals surface area contributed by atoms with E-state index < -0.39 is 10.0 Å². The van der Waals surface area contributed by atoms with Crippen LogP contribution in [0.1, 0.15) is 38.6 Å². The summed E-state index contributed by atoms with van der Waals surface area (Å²) in [6.07, 6.45) is 1.98. The van der Waals surface area contributed by atoms with Gasteiger partial charge in [-0.05, 0) is 32.4 Å². The molecule has 7 nitrogen and oxygen atoms in total. The van der Waals surface area contributed by atoms with Crippen LogP contribution in [-0.4, -0.2) is 42.4 Å². The predicted octanol–water partition coefficient (Wildman–Crippen LogP) is 0.738. The van der Waals surface area contributed by atoms with E-state index in [9.17, 15) is 8.42 Å². The summed E-state index contributed by atoms with van der Waals surface area (Å²) in [6.45, 7) is 7.41. The van der Waals surface area contributed by atoms with Crippen LogP contribution in [0.2, 0.25) is 0 Å². The predicted molar refractivity (Wildman–Crippen MR) is 79.2 cm³/mol. The first-order valence-electron chi connectivity index (χ1n) is 6.96. The molecule has 0 radical (unpaired) electrons. The molecule has 0 amide bonds. The molecule has 0 saturated heterocycles. The van der Waals surface area contributed by atoms with E-state index >= 15 is 0 Å². The summed E-state index contributed by atoms with van der Waals surface area (Å²) >= 11 is 0. The molecule has 0 unspecified atom stereocenters. The van der Waals surface area contributed by atoms with Crippen LogP contribution in [0.4, 0.5) is 5.95 Å². The van der Waals surface area contributed by atoms with Gasteiger partial charge in [-0.3, -0.25) is 0 Å². The molecular weight excluding hydrogens is 278 g/mol. The number of aromatic nitrogens is 3. The van der Waals surface area contributed by atoms with Crippen molar-refractivity contribution in [3.8, 4) is 0 Å². The minimum atomic E-state index is -3.41. The highest BCUT2D eigenvalue weighted by molar-refractivity contribution is 7.92. The topological polar surface area (TPSA) is 96.9 Å². The van der Waals surface area contributed by atoms with Crippen molar-refractivity contribution in [3.63, 3.8) is 0 Å². The van der Waals surface area contributed by atoms with Crippen LogP contribution in [0.25, 0.3) is 0 Å². The van der Waals surface area contributed by atoms with Crippen molar-refractivity contribution >= 4 is 16.0 Å². The van der Waals surface area contributed by atoms with Crippen molar-refractivity contribution in [2.45, 2.75) is 40.0 Å². The minimum absolute atomic E-state index is 0.0420. The van der Waals surface area contributed by atoms with Gasteiger partial charge in [-0.2, -0.15) is 0 Å². The van der Waals surface area contributed by atoms with Crippen molar-refractivity contribution in [1.29, 1.82) is 0 Å². The van der Waals surface area contributed by atoms with Crippen molar-refractivity contribution in [2.75, 3.05) is 23.6 Å². The molecule has 0 aromatic carbocycles. The van der Waals surface area contributed by atoms with Gasteiger partial charge >= 0.3 is 0 Å². The zero-order chi connectivity index (χ0) is 15.0. The van der Waals surface area contributed by atoms with Gasteiger partial charge in [0.2, 0.25) is 10.0 Å². The highest BCUT2D eigenvalue weighted by atomic mass is 32.2. The van der Waals surface area contributed by atoms with E-state index in [1.54, 1.807) is 0 Å². The molecule has 0 spiro atoms. The van der Waals surface area contributed by atoms with E-state index in [4.69, 9.17) is 0 Å². The zero-order valence-corrected chi connectivity index (χ0v) is 13.1. The summed E-state index contributed by atoms with van der Waals surface area (Å²) in [5.41, 5.74) is 1.59. The van der Waals surface area contributed by atoms with Crippen LogP contribution >= 0.6 is 0 Å². The molecule has 8 heteroatoms. The molecule has 1 heterocycles. The van der Waals surface area contributed by atoms with Gasteiger partial charge in [-0.25, -0.2) is 18.1 Å². The Hall–Kier alpha value is -1.28. The first-order chi connectivity index (χ1) is 9.52. The summed E-state index contributed by atoms with van der Waals surface area (Å²) in [5.74, 6) is 0.0999. The monoisotopic (exact) mass is 301 g/mol. The fourth-order valence-electron chi connectivity index (χ4n) is 1.74. The van der Waals surface area contributed by atoms with E-state index in [0.717, 1.165) is 24.4 Å². The molecule has 0 saturated carbocycles. The lowest BCUT2D eigenvalue weighted by Gasteiger charge is -2.08. The lowest BCUT2D eigenvalue weighted by atomic mass is 10.2. The maximum Gasteiger partial charge on any atom is 0.256 e. The average molecular weight is 301 g/mol. The molecule has 0 atom stereocenters. The van der Waals surface area contributed by atoms with Crippen molar-refractivity contribution < 1.29 is 8.42 Å². The maximum atomic E-state index is 11.9. The summed E-state index contributed by atoms with van der Waals surface area (Å²) in [7, 11) is -3.41. The van der Waals surface area contributed by atoms with Crippen LogP contribution in [-0.2, 0) is 22.9 Å². The number of anilines is 1. The van der Waals surface area contributed by atoms with Gasteiger partial charge in [0.25, 0.3) is 5.95 Å². The van der Waals surface area contributed by atoms with Crippen LogP contribution < -0.4 is 10.0 Å². The van der Waals surface area contributed by atoms with E-state index in [2.05, 4.69) is 25.2 Å². The smallest absolute Gasteiger partial charge is 0.256 e. The number of nitrogens with one attached hydrogen (secondary N) is 2. The minimum Gasteiger partial charge on any atom is -0.317 e. The van der Waals surface area contributed by atoms with Crippen LogP contribution in [0.5, 0.6) is 0 Å². The summed E-state index contributed by atoms with van der Waals surface area (Å²) in [4.78, 5) is 4.21. The fourth-order valence-corrected chi connectivity index (χ4v) is 2.73. The average Bonchev–Trinajstić information content (AvgIpc) is 2.43. The number of nitrogens with zero attached hydrogens (tertiary/aromatic N) is 3. The molecule has 1 rings (SSSR count). The number of rotatable bonds is 9. The lowest BCUT2D eigenvalue weighted by molar-refractivity contribution is 0.594. The second-order valence-electron chi connectivity index (χ2n) is 4.36. The number of hydrogen-bond acceptors (Lipinski definition) is 6. The Morgan fingerprint density at radius 1 is 1.05 bits per heavy atom. The van der Waals surface area contributed by atoms with Gasteiger partial charge in [0.1, 0.15) is 0 Å². The lowest BCUT2D eigenvalue weighted by Crippen LogP contribution is -2.23. The molecule has 0 aliphatic rings. The van der Waals surface area contributed by atoms with Gasteiger partial charge in [0.15, 0.2) is 0 Å². The van der Waals surface area contributed by atoms with Gasteiger partial charge in [0, 0.05) is 0 Å². The third-order valence-electron chi connectivity index (χ3n) is 2.77. The molecule has 0 aliphatic heterocycles. The fraction of sp³-hybridized carbons (Fsp3) is 0.750. The van der Waals surface area contributed by atoms with Gasteiger partial charge in [-0.1, -0.05) is 20.8 Å². The Morgan fingerprint density at radius 2 is 1.75 bits per heavy atom. The molecule has 2 N–H and O–H groups in total. The second kappa shape index (κ2) is 8.11. The van der Waals surface area contributed by atoms with Crippen LogP contribution in [0, 0.1) is 0 Å². The third kappa shape index (κ3) is 5.38.